The van der Waals surface area contributed by atoms with Gasteiger partial charge in [0.15, 0.2) is 0 Å². The molecule has 108 valence electrons. The van der Waals surface area contributed by atoms with Crippen molar-refractivity contribution in [1.82, 2.24) is 0 Å². The van der Waals surface area contributed by atoms with Gasteiger partial charge in [-0.15, -0.1) is 0 Å². The zero-order valence-corrected chi connectivity index (χ0v) is 12.2. The smallest absolute Gasteiger partial charge is 0.0745 e. The molecule has 0 aromatic heterocycles. The summed E-state index contributed by atoms with van der Waals surface area (Å²) in [5.41, 5.74) is 1.41. The number of hydrogen-bond acceptors (Lipinski definition) is 2. The van der Waals surface area contributed by atoms with Crippen LogP contribution in [0.5, 0.6) is 0 Å². The highest BCUT2D eigenvalue weighted by Crippen LogP contribution is 2.17. The van der Waals surface area contributed by atoms with E-state index in [2.05, 4.69) is 42.5 Å². The number of fused-ring (bicyclic) bond motifs is 1. The maximum atomic E-state index is 9.07. The van der Waals surface area contributed by atoms with Gasteiger partial charge in [-0.3, -0.25) is 0 Å². The van der Waals surface area contributed by atoms with Crippen molar-refractivity contribution in [3.05, 3.63) is 48.0 Å². The predicted octanol–water partition coefficient (Wildman–Crippen LogP) is 3.95. The molecule has 1 N–H and O–H groups in total. The van der Waals surface area contributed by atoms with Gasteiger partial charge in [0.05, 0.1) is 12.7 Å². The average Bonchev–Trinajstić information content (AvgIpc) is 2.46. The Morgan fingerprint density at radius 3 is 2.60 bits per heavy atom. The fraction of sp³-hybridized carbons (Fsp3) is 0.444. The van der Waals surface area contributed by atoms with E-state index in [1.54, 1.807) is 6.92 Å². The molecule has 1 unspecified atom stereocenters. The second-order valence-electron chi connectivity index (χ2n) is 5.42. The lowest BCUT2D eigenvalue weighted by Gasteiger charge is -2.06. The highest BCUT2D eigenvalue weighted by molar-refractivity contribution is 5.82. The molecule has 2 aromatic rings. The van der Waals surface area contributed by atoms with Gasteiger partial charge < -0.3 is 9.84 Å². The standard InChI is InChI=1S/C18H24O2/c1-15(19)14-20-12-6-2-3-7-16-10-11-17-8-4-5-9-18(17)13-16/h4-5,8-11,13,15,19H,2-3,6-7,12,14H2,1H3. The average molecular weight is 272 g/mol. The summed E-state index contributed by atoms with van der Waals surface area (Å²) in [6.07, 6.45) is 4.21. The lowest BCUT2D eigenvalue weighted by molar-refractivity contribution is 0.0445. The number of aliphatic hydroxyl groups is 1. The molecule has 0 fully saturated rings. The van der Waals surface area contributed by atoms with Crippen LogP contribution in [-0.2, 0) is 11.2 Å². The minimum atomic E-state index is -0.354. The summed E-state index contributed by atoms with van der Waals surface area (Å²) in [5, 5.41) is 11.7. The van der Waals surface area contributed by atoms with Crippen LogP contribution in [0.4, 0.5) is 0 Å². The van der Waals surface area contributed by atoms with Crippen LogP contribution in [0.1, 0.15) is 31.7 Å². The third-order valence-electron chi connectivity index (χ3n) is 3.43. The van der Waals surface area contributed by atoms with Crippen LogP contribution in [0.15, 0.2) is 42.5 Å². The number of ether oxygens (including phenoxy) is 1. The maximum absolute atomic E-state index is 9.07. The van der Waals surface area contributed by atoms with Crippen LogP contribution in [0, 0.1) is 0 Å². The first-order valence-electron chi connectivity index (χ1n) is 7.49. The van der Waals surface area contributed by atoms with Crippen molar-refractivity contribution in [2.45, 2.75) is 38.7 Å². The fourth-order valence-corrected chi connectivity index (χ4v) is 2.36. The molecule has 0 aliphatic carbocycles. The molecule has 0 bridgehead atoms. The number of hydrogen-bond donors (Lipinski definition) is 1. The molecule has 0 aliphatic heterocycles. The predicted molar refractivity (Wildman–Crippen MR) is 84.0 cm³/mol. The normalized spacial score (nSPS) is 12.7. The van der Waals surface area contributed by atoms with Crippen LogP contribution >= 0.6 is 0 Å². The van der Waals surface area contributed by atoms with Crippen molar-refractivity contribution in [2.24, 2.45) is 0 Å². The van der Waals surface area contributed by atoms with E-state index in [1.165, 1.54) is 29.2 Å². The van der Waals surface area contributed by atoms with Gasteiger partial charge in [0.25, 0.3) is 0 Å². The Kier molecular flexibility index (Phi) is 6.03. The second kappa shape index (κ2) is 8.03. The Hall–Kier alpha value is -1.38. The van der Waals surface area contributed by atoms with Gasteiger partial charge in [0.1, 0.15) is 0 Å². The van der Waals surface area contributed by atoms with Crippen LogP contribution < -0.4 is 0 Å². The third kappa shape index (κ3) is 4.95. The van der Waals surface area contributed by atoms with Crippen molar-refractivity contribution < 1.29 is 9.84 Å². The van der Waals surface area contributed by atoms with Gasteiger partial charge in [-0.1, -0.05) is 48.9 Å². The summed E-state index contributed by atoms with van der Waals surface area (Å²) >= 11 is 0. The molecule has 0 radical (unpaired) electrons. The summed E-state index contributed by atoms with van der Waals surface area (Å²) in [6, 6.07) is 15.2. The van der Waals surface area contributed by atoms with Crippen LogP contribution in [0.25, 0.3) is 10.8 Å². The Balaban J connectivity index is 1.68. The summed E-state index contributed by atoms with van der Waals surface area (Å²) in [4.78, 5) is 0. The van der Waals surface area contributed by atoms with E-state index in [0.29, 0.717) is 6.61 Å². The molecule has 1 atom stereocenters. The molecule has 0 heterocycles. The van der Waals surface area contributed by atoms with Gasteiger partial charge in [0, 0.05) is 6.61 Å². The summed E-state index contributed by atoms with van der Waals surface area (Å²) in [6.45, 7) is 2.95. The topological polar surface area (TPSA) is 29.5 Å². The first kappa shape index (κ1) is 15.0. The summed E-state index contributed by atoms with van der Waals surface area (Å²) in [7, 11) is 0. The lowest BCUT2D eigenvalue weighted by atomic mass is 10.0. The molecule has 2 nitrogen and oxygen atoms in total. The Morgan fingerprint density at radius 2 is 1.80 bits per heavy atom. The maximum Gasteiger partial charge on any atom is 0.0745 e. The number of aliphatic hydroxyl groups excluding tert-OH is 1. The molecule has 0 saturated carbocycles. The number of aryl methyl sites for hydroxylation is 1. The van der Waals surface area contributed by atoms with Gasteiger partial charge in [0.2, 0.25) is 0 Å². The minimum absolute atomic E-state index is 0.354. The minimum Gasteiger partial charge on any atom is -0.391 e. The van der Waals surface area contributed by atoms with Crippen molar-refractivity contribution in [3.63, 3.8) is 0 Å². The van der Waals surface area contributed by atoms with Crippen molar-refractivity contribution in [2.75, 3.05) is 13.2 Å². The van der Waals surface area contributed by atoms with E-state index in [0.717, 1.165) is 19.4 Å². The first-order chi connectivity index (χ1) is 9.75. The number of benzene rings is 2. The van der Waals surface area contributed by atoms with E-state index in [4.69, 9.17) is 9.84 Å². The zero-order valence-electron chi connectivity index (χ0n) is 12.2. The van der Waals surface area contributed by atoms with Crippen LogP contribution in [0.2, 0.25) is 0 Å². The first-order valence-corrected chi connectivity index (χ1v) is 7.49. The molecule has 0 aliphatic rings. The Bertz CT molecular complexity index is 520. The molecule has 0 saturated heterocycles. The number of unbranched alkanes of at least 4 members (excludes halogenated alkanes) is 2. The third-order valence-corrected chi connectivity index (χ3v) is 3.43. The quantitative estimate of drug-likeness (QED) is 0.737. The molecular weight excluding hydrogens is 248 g/mol. The Labute approximate surface area is 121 Å². The summed E-state index contributed by atoms with van der Waals surface area (Å²) in [5.74, 6) is 0. The van der Waals surface area contributed by atoms with Crippen LogP contribution in [0.3, 0.4) is 0 Å². The SMILES string of the molecule is CC(O)COCCCCCc1ccc2ccccc2c1. The summed E-state index contributed by atoms with van der Waals surface area (Å²) < 4.78 is 5.36. The van der Waals surface area contributed by atoms with Crippen molar-refractivity contribution in [1.29, 1.82) is 0 Å². The number of rotatable bonds is 8. The van der Waals surface area contributed by atoms with Gasteiger partial charge in [-0.2, -0.15) is 0 Å². The van der Waals surface area contributed by atoms with E-state index in [9.17, 15) is 0 Å². The molecule has 20 heavy (non-hydrogen) atoms. The van der Waals surface area contributed by atoms with Gasteiger partial charge in [-0.05, 0) is 42.5 Å². The van der Waals surface area contributed by atoms with Gasteiger partial charge in [-0.25, -0.2) is 0 Å². The molecule has 2 aromatic carbocycles. The van der Waals surface area contributed by atoms with E-state index in [1.807, 2.05) is 0 Å². The largest absolute Gasteiger partial charge is 0.391 e. The monoisotopic (exact) mass is 272 g/mol. The van der Waals surface area contributed by atoms with Gasteiger partial charge >= 0.3 is 0 Å². The Morgan fingerprint density at radius 1 is 1.00 bits per heavy atom. The molecule has 0 amide bonds. The molecular formula is C18H24O2. The van der Waals surface area contributed by atoms with E-state index < -0.39 is 0 Å². The van der Waals surface area contributed by atoms with E-state index in [-0.39, 0.29) is 6.10 Å². The highest BCUT2D eigenvalue weighted by atomic mass is 16.5. The van der Waals surface area contributed by atoms with Crippen LogP contribution in [-0.4, -0.2) is 24.4 Å². The van der Waals surface area contributed by atoms with Crippen molar-refractivity contribution in [3.8, 4) is 0 Å². The fourth-order valence-electron chi connectivity index (χ4n) is 2.36. The highest BCUT2D eigenvalue weighted by Gasteiger charge is 1.98. The van der Waals surface area contributed by atoms with E-state index >= 15 is 0 Å². The molecule has 2 heteroatoms. The molecule has 2 rings (SSSR count). The van der Waals surface area contributed by atoms with Crippen molar-refractivity contribution >= 4 is 10.8 Å². The zero-order chi connectivity index (χ0) is 14.2. The lowest BCUT2D eigenvalue weighted by Crippen LogP contribution is -2.10. The molecule has 0 spiro atoms. The second-order valence-corrected chi connectivity index (χ2v) is 5.42.